The number of carbonyl (C=O) groups is 1. The molecule has 0 radical (unpaired) electrons. The Morgan fingerprint density at radius 1 is 1.05 bits per heavy atom. The quantitative estimate of drug-likeness (QED) is 0.662. The van der Waals surface area contributed by atoms with Gasteiger partial charge in [-0.2, -0.15) is 0 Å². The summed E-state index contributed by atoms with van der Waals surface area (Å²) >= 11 is 0. The molecule has 3 aromatic rings. The van der Waals surface area contributed by atoms with Crippen LogP contribution in [-0.2, 0) is 6.61 Å². The first-order chi connectivity index (χ1) is 9.36. The Labute approximate surface area is 110 Å². The van der Waals surface area contributed by atoms with E-state index in [1.807, 2.05) is 48.5 Å². The number of hydrogen-bond donors (Lipinski definition) is 0. The van der Waals surface area contributed by atoms with Gasteiger partial charge in [0.05, 0.1) is 5.39 Å². The van der Waals surface area contributed by atoms with Gasteiger partial charge in [-0.05, 0) is 23.8 Å². The van der Waals surface area contributed by atoms with Crippen molar-refractivity contribution in [2.75, 3.05) is 0 Å². The van der Waals surface area contributed by atoms with Gasteiger partial charge in [-0.3, -0.25) is 4.79 Å². The van der Waals surface area contributed by atoms with Crippen LogP contribution in [-0.4, -0.2) is 6.29 Å². The molecule has 3 nitrogen and oxygen atoms in total. The third-order valence-corrected chi connectivity index (χ3v) is 2.89. The topological polar surface area (TPSA) is 39.4 Å². The number of aldehydes is 1. The molecule has 3 heteroatoms. The number of fused-ring (bicyclic) bond motifs is 1. The van der Waals surface area contributed by atoms with Crippen LogP contribution in [0.1, 0.15) is 16.1 Å². The Hall–Kier alpha value is -2.55. The van der Waals surface area contributed by atoms with E-state index >= 15 is 0 Å². The molecular formula is C16H12O3. The number of hydrogen-bond acceptors (Lipinski definition) is 3. The van der Waals surface area contributed by atoms with E-state index in [0.717, 1.165) is 16.7 Å². The van der Waals surface area contributed by atoms with Crippen LogP contribution >= 0.6 is 0 Å². The number of rotatable bonds is 4. The SMILES string of the molecule is O=Cc1cc2c(OCc3ccccc3)cccc2o1. The molecular weight excluding hydrogens is 240 g/mol. The van der Waals surface area contributed by atoms with Gasteiger partial charge in [0, 0.05) is 0 Å². The van der Waals surface area contributed by atoms with Crippen molar-refractivity contribution in [2.24, 2.45) is 0 Å². The Morgan fingerprint density at radius 2 is 1.89 bits per heavy atom. The lowest BCUT2D eigenvalue weighted by Gasteiger charge is -2.06. The lowest BCUT2D eigenvalue weighted by molar-refractivity contribution is 0.110. The largest absolute Gasteiger partial charge is 0.488 e. The van der Waals surface area contributed by atoms with E-state index in [2.05, 4.69) is 0 Å². The fraction of sp³-hybridized carbons (Fsp3) is 0.0625. The zero-order chi connectivity index (χ0) is 13.1. The van der Waals surface area contributed by atoms with Crippen LogP contribution in [0.15, 0.2) is 59.0 Å². The molecule has 0 N–H and O–H groups in total. The lowest BCUT2D eigenvalue weighted by atomic mass is 10.2. The molecule has 0 saturated heterocycles. The summed E-state index contributed by atoms with van der Waals surface area (Å²) in [6.45, 7) is 0.488. The smallest absolute Gasteiger partial charge is 0.185 e. The molecule has 1 heterocycles. The van der Waals surface area contributed by atoms with Crippen molar-refractivity contribution in [1.29, 1.82) is 0 Å². The molecule has 19 heavy (non-hydrogen) atoms. The fourth-order valence-electron chi connectivity index (χ4n) is 1.97. The van der Waals surface area contributed by atoms with Crippen LogP contribution in [0, 0.1) is 0 Å². The van der Waals surface area contributed by atoms with Gasteiger partial charge in [-0.25, -0.2) is 0 Å². The van der Waals surface area contributed by atoms with Crippen LogP contribution in [0.5, 0.6) is 5.75 Å². The number of benzene rings is 2. The molecule has 0 unspecified atom stereocenters. The van der Waals surface area contributed by atoms with Crippen LogP contribution in [0.4, 0.5) is 0 Å². The molecule has 0 spiro atoms. The normalized spacial score (nSPS) is 10.5. The minimum absolute atomic E-state index is 0.311. The van der Waals surface area contributed by atoms with Crippen molar-refractivity contribution in [3.8, 4) is 5.75 Å². The van der Waals surface area contributed by atoms with Crippen molar-refractivity contribution in [3.63, 3.8) is 0 Å². The summed E-state index contributed by atoms with van der Waals surface area (Å²) in [4.78, 5) is 10.7. The molecule has 0 aliphatic carbocycles. The van der Waals surface area contributed by atoms with E-state index in [1.54, 1.807) is 6.07 Å². The van der Waals surface area contributed by atoms with E-state index in [-0.39, 0.29) is 0 Å². The molecule has 2 aromatic carbocycles. The maximum Gasteiger partial charge on any atom is 0.185 e. The second-order valence-corrected chi connectivity index (χ2v) is 4.21. The van der Waals surface area contributed by atoms with Crippen LogP contribution in [0.25, 0.3) is 11.0 Å². The summed E-state index contributed by atoms with van der Waals surface area (Å²) in [5.41, 5.74) is 1.76. The third kappa shape index (κ3) is 2.36. The number of carbonyl (C=O) groups excluding carboxylic acids is 1. The Balaban J connectivity index is 1.88. The Bertz CT molecular complexity index is 698. The minimum Gasteiger partial charge on any atom is -0.488 e. The van der Waals surface area contributed by atoms with Gasteiger partial charge in [0.2, 0.25) is 0 Å². The lowest BCUT2D eigenvalue weighted by Crippen LogP contribution is -1.94. The van der Waals surface area contributed by atoms with E-state index in [9.17, 15) is 4.79 Å². The zero-order valence-corrected chi connectivity index (χ0v) is 10.2. The minimum atomic E-state index is 0.311. The zero-order valence-electron chi connectivity index (χ0n) is 10.2. The molecule has 94 valence electrons. The highest BCUT2D eigenvalue weighted by molar-refractivity contribution is 5.89. The van der Waals surface area contributed by atoms with Gasteiger partial charge < -0.3 is 9.15 Å². The van der Waals surface area contributed by atoms with Gasteiger partial charge in [-0.1, -0.05) is 36.4 Å². The molecule has 3 rings (SSSR count). The van der Waals surface area contributed by atoms with Crippen molar-refractivity contribution in [3.05, 3.63) is 65.9 Å². The van der Waals surface area contributed by atoms with Crippen molar-refractivity contribution >= 4 is 17.3 Å². The molecule has 0 amide bonds. The first-order valence-corrected chi connectivity index (χ1v) is 6.01. The summed E-state index contributed by atoms with van der Waals surface area (Å²) in [7, 11) is 0. The number of ether oxygens (including phenoxy) is 1. The van der Waals surface area contributed by atoms with Crippen molar-refractivity contribution < 1.29 is 13.9 Å². The van der Waals surface area contributed by atoms with Gasteiger partial charge in [0.1, 0.15) is 17.9 Å². The van der Waals surface area contributed by atoms with Gasteiger partial charge in [0.15, 0.2) is 12.0 Å². The van der Waals surface area contributed by atoms with E-state index in [1.165, 1.54) is 0 Å². The summed E-state index contributed by atoms with van der Waals surface area (Å²) in [5, 5.41) is 0.820. The molecule has 0 saturated carbocycles. The monoisotopic (exact) mass is 252 g/mol. The Morgan fingerprint density at radius 3 is 2.68 bits per heavy atom. The summed E-state index contributed by atoms with van der Waals surface area (Å²) in [5.74, 6) is 1.03. The first kappa shape index (κ1) is 11.5. The predicted octanol–water partition coefficient (Wildman–Crippen LogP) is 3.82. The van der Waals surface area contributed by atoms with Gasteiger partial charge >= 0.3 is 0 Å². The molecule has 0 bridgehead atoms. The van der Waals surface area contributed by atoms with Gasteiger partial charge in [0.25, 0.3) is 0 Å². The maximum atomic E-state index is 10.7. The van der Waals surface area contributed by atoms with Crippen molar-refractivity contribution in [2.45, 2.75) is 6.61 Å². The standard InChI is InChI=1S/C16H12O3/c17-10-13-9-14-15(7-4-8-16(14)19-13)18-11-12-5-2-1-3-6-12/h1-10H,11H2. The summed E-state index contributed by atoms with van der Waals surface area (Å²) in [6, 6.07) is 17.2. The predicted molar refractivity (Wildman–Crippen MR) is 72.4 cm³/mol. The molecule has 0 atom stereocenters. The van der Waals surface area contributed by atoms with Crippen LogP contribution in [0.2, 0.25) is 0 Å². The molecule has 1 aromatic heterocycles. The summed E-state index contributed by atoms with van der Waals surface area (Å²) < 4.78 is 11.1. The van der Waals surface area contributed by atoms with Crippen LogP contribution in [0.3, 0.4) is 0 Å². The van der Waals surface area contributed by atoms with Crippen LogP contribution < -0.4 is 4.74 Å². The second-order valence-electron chi connectivity index (χ2n) is 4.21. The number of furan rings is 1. The molecule has 0 fully saturated rings. The van der Waals surface area contributed by atoms with E-state index < -0.39 is 0 Å². The van der Waals surface area contributed by atoms with Crippen molar-refractivity contribution in [1.82, 2.24) is 0 Å². The highest BCUT2D eigenvalue weighted by Gasteiger charge is 2.08. The second kappa shape index (κ2) is 4.98. The summed E-state index contributed by atoms with van der Waals surface area (Å²) in [6.07, 6.45) is 0.695. The van der Waals surface area contributed by atoms with Gasteiger partial charge in [-0.15, -0.1) is 0 Å². The highest BCUT2D eigenvalue weighted by Crippen LogP contribution is 2.28. The highest BCUT2D eigenvalue weighted by atomic mass is 16.5. The average molecular weight is 252 g/mol. The third-order valence-electron chi connectivity index (χ3n) is 2.89. The Kier molecular flexibility index (Phi) is 3.02. The fourth-order valence-corrected chi connectivity index (χ4v) is 1.97. The molecule has 0 aliphatic rings. The average Bonchev–Trinajstić information content (AvgIpc) is 2.90. The molecule has 0 aliphatic heterocycles. The maximum absolute atomic E-state index is 10.7. The van der Waals surface area contributed by atoms with E-state index in [4.69, 9.17) is 9.15 Å². The van der Waals surface area contributed by atoms with E-state index in [0.29, 0.717) is 24.2 Å². The first-order valence-electron chi connectivity index (χ1n) is 6.01.